The van der Waals surface area contributed by atoms with Crippen LogP contribution in [-0.4, -0.2) is 53.8 Å². The lowest BCUT2D eigenvalue weighted by Gasteiger charge is -2.27. The quantitative estimate of drug-likeness (QED) is 0.825. The first-order valence-electron chi connectivity index (χ1n) is 9.15. The maximum absolute atomic E-state index is 12.9. The van der Waals surface area contributed by atoms with E-state index in [-0.39, 0.29) is 30.0 Å². The summed E-state index contributed by atoms with van der Waals surface area (Å²) in [6.45, 7) is 2.20. The first-order chi connectivity index (χ1) is 13.2. The van der Waals surface area contributed by atoms with E-state index in [0.29, 0.717) is 25.8 Å². The van der Waals surface area contributed by atoms with Crippen molar-refractivity contribution in [2.24, 2.45) is 0 Å². The summed E-state index contributed by atoms with van der Waals surface area (Å²) in [4.78, 5) is 38.8. The van der Waals surface area contributed by atoms with Crippen LogP contribution in [0.1, 0.15) is 42.1 Å². The molecule has 28 heavy (non-hydrogen) atoms. The number of fused-ring (bicyclic) bond motifs is 1. The zero-order valence-electron chi connectivity index (χ0n) is 15.3. The largest absolute Gasteiger partial charge is 0.416 e. The zero-order chi connectivity index (χ0) is 20.5. The third-order valence-electron chi connectivity index (χ3n) is 5.05. The van der Waals surface area contributed by atoms with Gasteiger partial charge in [-0.25, -0.2) is 0 Å². The molecule has 6 nitrogen and oxygen atoms in total. The van der Waals surface area contributed by atoms with Crippen LogP contribution in [0.5, 0.6) is 0 Å². The van der Waals surface area contributed by atoms with E-state index in [0.717, 1.165) is 24.3 Å². The average molecular weight is 398 g/mol. The molecule has 3 rings (SSSR count). The van der Waals surface area contributed by atoms with Crippen molar-refractivity contribution in [3.63, 3.8) is 0 Å². The molecule has 0 bridgehead atoms. The molecule has 1 aromatic rings. The number of alkyl halides is 3. The Balaban J connectivity index is 1.71. The Hall–Kier alpha value is -2.42. The molecule has 0 saturated carbocycles. The topological polar surface area (TPSA) is 75.7 Å². The van der Waals surface area contributed by atoms with Gasteiger partial charge in [-0.3, -0.25) is 14.4 Å². The second kappa shape index (κ2) is 7.90. The van der Waals surface area contributed by atoms with Crippen molar-refractivity contribution < 1.29 is 32.3 Å². The number of hydrogen-bond acceptors (Lipinski definition) is 4. The van der Waals surface area contributed by atoms with Gasteiger partial charge in [-0.2, -0.15) is 13.2 Å². The number of halogens is 3. The van der Waals surface area contributed by atoms with Crippen molar-refractivity contribution in [3.8, 4) is 0 Å². The fourth-order valence-corrected chi connectivity index (χ4v) is 3.64. The number of benzene rings is 1. The molecular formula is C19H21F3N2O4. The van der Waals surface area contributed by atoms with Gasteiger partial charge >= 0.3 is 6.18 Å². The molecule has 0 aromatic heterocycles. The Morgan fingerprint density at radius 3 is 2.57 bits per heavy atom. The van der Waals surface area contributed by atoms with Gasteiger partial charge in [0.2, 0.25) is 5.91 Å². The molecule has 2 fully saturated rings. The fraction of sp³-hybridized carbons (Fsp3) is 0.526. The monoisotopic (exact) mass is 398 g/mol. The minimum atomic E-state index is -4.49. The molecule has 3 atom stereocenters. The highest BCUT2D eigenvalue weighted by Crippen LogP contribution is 2.29. The van der Waals surface area contributed by atoms with Crippen LogP contribution in [-0.2, 0) is 20.5 Å². The smallest absolute Gasteiger partial charge is 0.368 e. The van der Waals surface area contributed by atoms with Gasteiger partial charge in [-0.05, 0) is 37.1 Å². The molecule has 1 aromatic carbocycles. The normalized spacial score (nSPS) is 22.9. The lowest BCUT2D eigenvalue weighted by Crippen LogP contribution is -2.52. The van der Waals surface area contributed by atoms with Crippen LogP contribution >= 0.6 is 0 Å². The second-order valence-corrected chi connectivity index (χ2v) is 6.97. The molecule has 2 aliphatic heterocycles. The van der Waals surface area contributed by atoms with E-state index in [4.69, 9.17) is 4.74 Å². The Labute approximate surface area is 160 Å². The number of ether oxygens (including phenoxy) is 1. The molecule has 0 radical (unpaired) electrons. The molecular weight excluding hydrogens is 377 g/mol. The SMILES string of the molecule is CCCC(NC(=O)c1ccc(C(F)(F)F)cc1)C(=O)N1CCC2OCC(=O)C21. The molecule has 152 valence electrons. The number of ketones is 1. The maximum atomic E-state index is 12.9. The van der Waals surface area contributed by atoms with E-state index in [2.05, 4.69) is 5.32 Å². The van der Waals surface area contributed by atoms with Crippen molar-refractivity contribution in [1.29, 1.82) is 0 Å². The Morgan fingerprint density at radius 1 is 1.29 bits per heavy atom. The van der Waals surface area contributed by atoms with Crippen LogP contribution in [0.4, 0.5) is 13.2 Å². The van der Waals surface area contributed by atoms with E-state index < -0.39 is 29.7 Å². The number of carbonyl (C=O) groups excluding carboxylic acids is 3. The summed E-state index contributed by atoms with van der Waals surface area (Å²) in [6, 6.07) is 2.33. The first-order valence-corrected chi connectivity index (χ1v) is 9.15. The van der Waals surface area contributed by atoms with Gasteiger partial charge in [0, 0.05) is 12.1 Å². The van der Waals surface area contributed by atoms with Crippen molar-refractivity contribution in [1.82, 2.24) is 10.2 Å². The Bertz CT molecular complexity index is 763. The van der Waals surface area contributed by atoms with E-state index >= 15 is 0 Å². The van der Waals surface area contributed by atoms with Crippen LogP contribution in [0.25, 0.3) is 0 Å². The van der Waals surface area contributed by atoms with Gasteiger partial charge < -0.3 is 15.0 Å². The summed E-state index contributed by atoms with van der Waals surface area (Å²) in [5.74, 6) is -1.15. The van der Waals surface area contributed by atoms with Crippen LogP contribution in [0.3, 0.4) is 0 Å². The van der Waals surface area contributed by atoms with Crippen molar-refractivity contribution in [2.75, 3.05) is 13.2 Å². The number of nitrogens with zero attached hydrogens (tertiary/aromatic N) is 1. The summed E-state index contributed by atoms with van der Waals surface area (Å²) < 4.78 is 43.4. The standard InChI is InChI=1S/C19H21F3N2O4/c1-2-3-13(18(27)24-9-8-15-16(24)14(25)10-28-15)23-17(26)11-4-6-12(7-5-11)19(20,21)22/h4-7,13,15-16H,2-3,8-10H2,1H3,(H,23,26). The number of amides is 2. The van der Waals surface area contributed by atoms with Gasteiger partial charge in [0.05, 0.1) is 11.7 Å². The van der Waals surface area contributed by atoms with E-state index in [9.17, 15) is 27.6 Å². The molecule has 9 heteroatoms. The number of nitrogens with one attached hydrogen (secondary N) is 1. The molecule has 2 heterocycles. The van der Waals surface area contributed by atoms with Crippen LogP contribution in [0.15, 0.2) is 24.3 Å². The number of rotatable bonds is 5. The van der Waals surface area contributed by atoms with Crippen molar-refractivity contribution >= 4 is 17.6 Å². The molecule has 3 unspecified atom stereocenters. The number of carbonyl (C=O) groups is 3. The van der Waals surface area contributed by atoms with Crippen molar-refractivity contribution in [3.05, 3.63) is 35.4 Å². The molecule has 2 saturated heterocycles. The third kappa shape index (κ3) is 4.04. The highest BCUT2D eigenvalue weighted by molar-refractivity contribution is 5.99. The minimum absolute atomic E-state index is 0.0184. The molecule has 0 aliphatic carbocycles. The predicted molar refractivity (Wildman–Crippen MR) is 92.5 cm³/mol. The van der Waals surface area contributed by atoms with Gasteiger partial charge in [-0.15, -0.1) is 0 Å². The highest BCUT2D eigenvalue weighted by Gasteiger charge is 2.47. The first kappa shape index (κ1) is 20.3. The molecule has 0 spiro atoms. The van der Waals surface area contributed by atoms with Crippen LogP contribution in [0.2, 0.25) is 0 Å². The maximum Gasteiger partial charge on any atom is 0.416 e. The summed E-state index contributed by atoms with van der Waals surface area (Å²) in [5, 5.41) is 2.60. The minimum Gasteiger partial charge on any atom is -0.368 e. The second-order valence-electron chi connectivity index (χ2n) is 6.97. The zero-order valence-corrected chi connectivity index (χ0v) is 15.3. The van der Waals surface area contributed by atoms with Gasteiger partial charge in [-0.1, -0.05) is 13.3 Å². The lowest BCUT2D eigenvalue weighted by molar-refractivity contribution is -0.138. The number of Topliss-reactive ketones (excluding diaryl/α,β-unsaturated/α-hetero) is 1. The summed E-state index contributed by atoms with van der Waals surface area (Å²) >= 11 is 0. The van der Waals surface area contributed by atoms with E-state index in [1.165, 1.54) is 4.90 Å². The van der Waals surface area contributed by atoms with Gasteiger partial charge in [0.15, 0.2) is 5.78 Å². The molecule has 1 N–H and O–H groups in total. The third-order valence-corrected chi connectivity index (χ3v) is 5.05. The van der Waals surface area contributed by atoms with Crippen LogP contribution in [0, 0.1) is 0 Å². The van der Waals surface area contributed by atoms with Gasteiger partial charge in [0.1, 0.15) is 18.7 Å². The number of likely N-dealkylation sites (tertiary alicyclic amines) is 1. The van der Waals surface area contributed by atoms with Crippen LogP contribution < -0.4 is 5.32 Å². The summed E-state index contributed by atoms with van der Waals surface area (Å²) in [6.07, 6.45) is -3.26. The van der Waals surface area contributed by atoms with E-state index in [1.807, 2.05) is 6.92 Å². The number of hydrogen-bond donors (Lipinski definition) is 1. The average Bonchev–Trinajstić information content (AvgIpc) is 3.23. The molecule has 2 amide bonds. The highest BCUT2D eigenvalue weighted by atomic mass is 19.4. The Morgan fingerprint density at radius 2 is 1.96 bits per heavy atom. The summed E-state index contributed by atoms with van der Waals surface area (Å²) in [5.41, 5.74) is -0.824. The lowest BCUT2D eigenvalue weighted by atomic mass is 10.1. The summed E-state index contributed by atoms with van der Waals surface area (Å²) in [7, 11) is 0. The Kier molecular flexibility index (Phi) is 5.74. The predicted octanol–water partition coefficient (Wildman–Crippen LogP) is 2.17. The molecule has 2 aliphatic rings. The van der Waals surface area contributed by atoms with E-state index in [1.54, 1.807) is 0 Å². The fourth-order valence-electron chi connectivity index (χ4n) is 3.64. The van der Waals surface area contributed by atoms with Gasteiger partial charge in [0.25, 0.3) is 5.91 Å². The van der Waals surface area contributed by atoms with Crippen molar-refractivity contribution in [2.45, 2.75) is 50.6 Å².